The second-order valence-corrected chi connectivity index (χ2v) is 6.10. The molecule has 1 fully saturated rings. The number of rotatable bonds is 6. The quantitative estimate of drug-likeness (QED) is 0.300. The molecule has 0 N–H and O–H groups in total. The Morgan fingerprint density at radius 3 is 2.46 bits per heavy atom. The van der Waals surface area contributed by atoms with Crippen LogP contribution < -0.4 is 0 Å². The lowest BCUT2D eigenvalue weighted by Gasteiger charge is -2.35. The molecular formula is C18H16F6O4. The molecule has 0 bridgehead atoms. The number of carbonyl (C=O) groups is 1. The van der Waals surface area contributed by atoms with Crippen LogP contribution in [0.25, 0.3) is 6.08 Å². The molecule has 0 radical (unpaired) electrons. The van der Waals surface area contributed by atoms with Crippen LogP contribution in [0.1, 0.15) is 12.5 Å². The van der Waals surface area contributed by atoms with E-state index in [0.29, 0.717) is 6.26 Å². The Balaban J connectivity index is 2.21. The van der Waals surface area contributed by atoms with Crippen molar-refractivity contribution in [3.05, 3.63) is 54.1 Å². The van der Waals surface area contributed by atoms with Gasteiger partial charge in [-0.1, -0.05) is 18.7 Å². The van der Waals surface area contributed by atoms with Gasteiger partial charge in [0, 0.05) is 5.57 Å². The van der Waals surface area contributed by atoms with E-state index in [-0.39, 0.29) is 11.1 Å². The molecule has 2 atom stereocenters. The molecule has 154 valence electrons. The van der Waals surface area contributed by atoms with Crippen LogP contribution in [-0.4, -0.2) is 37.1 Å². The van der Waals surface area contributed by atoms with E-state index in [1.165, 1.54) is 19.1 Å². The molecule has 1 saturated heterocycles. The molecule has 1 aliphatic heterocycles. The highest BCUT2D eigenvalue weighted by Gasteiger charge is 2.79. The number of alkyl halides is 5. The summed E-state index contributed by atoms with van der Waals surface area (Å²) in [4.78, 5) is 11.3. The normalized spacial score (nSPS) is 24.3. The Morgan fingerprint density at radius 2 is 1.93 bits per heavy atom. The summed E-state index contributed by atoms with van der Waals surface area (Å²) in [6.45, 7) is 2.44. The topological polar surface area (TPSA) is 44.8 Å². The van der Waals surface area contributed by atoms with Crippen LogP contribution in [0.5, 0.6) is 0 Å². The average Bonchev–Trinajstić information content (AvgIpc) is 2.85. The number of benzene rings is 1. The summed E-state index contributed by atoms with van der Waals surface area (Å²) in [5, 5.41) is 0. The molecule has 0 spiro atoms. The fourth-order valence-electron chi connectivity index (χ4n) is 2.37. The number of hydrogen-bond acceptors (Lipinski definition) is 4. The maximum absolute atomic E-state index is 14.6. The standard InChI is InChI=1S/C18H16F6O4/c1-11(2)15(25)26-9-13-10-28-17(16(13,20)21,18(22,23)24)27-8-7-12-3-5-14(19)6-4-12/h3-8,13H,1,9-10H2,2H3/b8-7+. The van der Waals surface area contributed by atoms with Crippen molar-refractivity contribution in [3.8, 4) is 0 Å². The molecule has 1 aromatic carbocycles. The van der Waals surface area contributed by atoms with Crippen molar-refractivity contribution in [2.75, 3.05) is 13.2 Å². The van der Waals surface area contributed by atoms with Gasteiger partial charge in [-0.25, -0.2) is 9.18 Å². The monoisotopic (exact) mass is 410 g/mol. The molecule has 2 unspecified atom stereocenters. The van der Waals surface area contributed by atoms with E-state index >= 15 is 0 Å². The van der Waals surface area contributed by atoms with Crippen molar-refractivity contribution in [1.29, 1.82) is 0 Å². The van der Waals surface area contributed by atoms with Crippen molar-refractivity contribution in [3.63, 3.8) is 0 Å². The molecule has 0 aliphatic carbocycles. The van der Waals surface area contributed by atoms with E-state index in [2.05, 4.69) is 20.8 Å². The van der Waals surface area contributed by atoms with Crippen LogP contribution in [0.4, 0.5) is 26.3 Å². The van der Waals surface area contributed by atoms with Crippen LogP contribution in [0.2, 0.25) is 0 Å². The van der Waals surface area contributed by atoms with E-state index in [9.17, 15) is 31.1 Å². The fourth-order valence-corrected chi connectivity index (χ4v) is 2.37. The Labute approximate surface area is 156 Å². The first-order valence-corrected chi connectivity index (χ1v) is 7.92. The third-order valence-electron chi connectivity index (χ3n) is 3.94. The molecule has 2 rings (SSSR count). The van der Waals surface area contributed by atoms with Crippen molar-refractivity contribution in [1.82, 2.24) is 0 Å². The lowest BCUT2D eigenvalue weighted by molar-refractivity contribution is -0.404. The molecule has 0 aromatic heterocycles. The first-order valence-electron chi connectivity index (χ1n) is 7.92. The van der Waals surface area contributed by atoms with Gasteiger partial charge in [0.05, 0.1) is 18.8 Å². The molecule has 4 nitrogen and oxygen atoms in total. The van der Waals surface area contributed by atoms with Crippen LogP contribution in [0.15, 0.2) is 42.7 Å². The summed E-state index contributed by atoms with van der Waals surface area (Å²) in [5.74, 6) is -12.5. The van der Waals surface area contributed by atoms with Gasteiger partial charge in [0.15, 0.2) is 0 Å². The van der Waals surface area contributed by atoms with Crippen molar-refractivity contribution < 1.29 is 45.3 Å². The lowest BCUT2D eigenvalue weighted by Crippen LogP contribution is -2.59. The van der Waals surface area contributed by atoms with Gasteiger partial charge in [0.2, 0.25) is 0 Å². The smallest absolute Gasteiger partial charge is 0.462 e. The molecular weight excluding hydrogens is 394 g/mol. The van der Waals surface area contributed by atoms with E-state index in [1.54, 1.807) is 0 Å². The zero-order chi connectivity index (χ0) is 21.2. The molecule has 10 heteroatoms. The Bertz CT molecular complexity index is 756. The number of hydrogen-bond donors (Lipinski definition) is 0. The van der Waals surface area contributed by atoms with Gasteiger partial charge in [-0.2, -0.15) is 22.0 Å². The second-order valence-electron chi connectivity index (χ2n) is 6.10. The molecule has 0 saturated carbocycles. The van der Waals surface area contributed by atoms with E-state index in [0.717, 1.165) is 18.2 Å². The summed E-state index contributed by atoms with van der Waals surface area (Å²) in [5.41, 5.74) is 0.120. The number of ether oxygens (including phenoxy) is 3. The van der Waals surface area contributed by atoms with E-state index < -0.39 is 48.8 Å². The molecule has 1 aliphatic rings. The average molecular weight is 410 g/mol. The zero-order valence-electron chi connectivity index (χ0n) is 14.6. The Hall–Kier alpha value is -2.49. The highest BCUT2D eigenvalue weighted by atomic mass is 19.4. The SMILES string of the molecule is C=C(C)C(=O)OCC1COC(O/C=C/c2ccc(F)cc2)(C(F)(F)F)C1(F)F. The third kappa shape index (κ3) is 4.16. The summed E-state index contributed by atoms with van der Waals surface area (Å²) in [7, 11) is 0. The number of carbonyl (C=O) groups excluding carboxylic acids is 1. The molecule has 1 heterocycles. The predicted octanol–water partition coefficient (Wildman–Crippen LogP) is 4.47. The van der Waals surface area contributed by atoms with Gasteiger partial charge in [-0.15, -0.1) is 0 Å². The summed E-state index contributed by atoms with van der Waals surface area (Å²) in [6.07, 6.45) is -4.26. The summed E-state index contributed by atoms with van der Waals surface area (Å²) < 4.78 is 95.6. The first-order chi connectivity index (χ1) is 12.9. The predicted molar refractivity (Wildman–Crippen MR) is 85.5 cm³/mol. The minimum absolute atomic E-state index is 0.0946. The first kappa shape index (κ1) is 21.8. The minimum Gasteiger partial charge on any atom is -0.462 e. The van der Waals surface area contributed by atoms with Gasteiger partial charge < -0.3 is 14.2 Å². The maximum Gasteiger partial charge on any atom is 0.462 e. The Morgan fingerprint density at radius 1 is 1.32 bits per heavy atom. The van der Waals surface area contributed by atoms with Gasteiger partial charge in [0.1, 0.15) is 12.4 Å². The molecule has 28 heavy (non-hydrogen) atoms. The maximum atomic E-state index is 14.6. The summed E-state index contributed by atoms with van der Waals surface area (Å²) in [6, 6.07) is 4.49. The van der Waals surface area contributed by atoms with Crippen LogP contribution in [0.3, 0.4) is 0 Å². The van der Waals surface area contributed by atoms with Crippen LogP contribution in [0, 0.1) is 11.7 Å². The highest BCUT2D eigenvalue weighted by Crippen LogP contribution is 2.54. The molecule has 0 amide bonds. The largest absolute Gasteiger partial charge is 0.462 e. The Kier molecular flexibility index (Phi) is 6.12. The molecule has 1 aromatic rings. The van der Waals surface area contributed by atoms with Crippen LogP contribution >= 0.6 is 0 Å². The van der Waals surface area contributed by atoms with E-state index in [4.69, 9.17) is 0 Å². The van der Waals surface area contributed by atoms with Gasteiger partial charge in [-0.3, -0.25) is 0 Å². The van der Waals surface area contributed by atoms with Crippen LogP contribution in [-0.2, 0) is 19.0 Å². The number of esters is 1. The van der Waals surface area contributed by atoms with E-state index in [1.807, 2.05) is 0 Å². The second kappa shape index (κ2) is 7.86. The van der Waals surface area contributed by atoms with Gasteiger partial charge >= 0.3 is 23.9 Å². The minimum atomic E-state index is -5.60. The summed E-state index contributed by atoms with van der Waals surface area (Å²) >= 11 is 0. The lowest BCUT2D eigenvalue weighted by atomic mass is 9.98. The zero-order valence-corrected chi connectivity index (χ0v) is 14.6. The number of halogens is 6. The highest BCUT2D eigenvalue weighted by molar-refractivity contribution is 5.86. The van der Waals surface area contributed by atoms with Gasteiger partial charge in [0.25, 0.3) is 0 Å². The fraction of sp³-hybridized carbons (Fsp3) is 0.389. The van der Waals surface area contributed by atoms with Crippen molar-refractivity contribution in [2.24, 2.45) is 5.92 Å². The van der Waals surface area contributed by atoms with Crippen molar-refractivity contribution >= 4 is 12.0 Å². The van der Waals surface area contributed by atoms with Gasteiger partial charge in [-0.05, 0) is 30.7 Å². The van der Waals surface area contributed by atoms with Crippen molar-refractivity contribution in [2.45, 2.75) is 24.8 Å². The third-order valence-corrected chi connectivity index (χ3v) is 3.94.